The van der Waals surface area contributed by atoms with Crippen molar-refractivity contribution < 1.29 is 18.0 Å². The Bertz CT molecular complexity index is 356. The molecule has 0 aromatic rings. The monoisotopic (exact) mass is 234 g/mol. The third-order valence-electron chi connectivity index (χ3n) is 2.78. The van der Waals surface area contributed by atoms with E-state index in [1.165, 1.54) is 6.08 Å². The van der Waals surface area contributed by atoms with Gasteiger partial charge in [-0.3, -0.25) is 9.79 Å². The van der Waals surface area contributed by atoms with Gasteiger partial charge in [0.05, 0.1) is 11.5 Å². The fourth-order valence-electron chi connectivity index (χ4n) is 1.40. The van der Waals surface area contributed by atoms with Gasteiger partial charge in [-0.05, 0) is 26.1 Å². The van der Waals surface area contributed by atoms with Gasteiger partial charge in [-0.15, -0.1) is 0 Å². The lowest BCUT2D eigenvalue weighted by molar-refractivity contribution is -0.217. The summed E-state index contributed by atoms with van der Waals surface area (Å²) in [6.45, 7) is 2.09. The molecule has 0 aromatic heterocycles. The second kappa shape index (κ2) is 3.92. The molecule has 16 heavy (non-hydrogen) atoms. The van der Waals surface area contributed by atoms with Gasteiger partial charge in [-0.25, -0.2) is 0 Å². The van der Waals surface area contributed by atoms with E-state index in [1.54, 1.807) is 0 Å². The third kappa shape index (κ3) is 2.10. The number of nitrogens with two attached hydrogens (primary N) is 1. The number of ketones is 1. The van der Waals surface area contributed by atoms with Crippen LogP contribution < -0.4 is 5.73 Å². The minimum atomic E-state index is -4.39. The van der Waals surface area contributed by atoms with Crippen LogP contribution >= 0.6 is 0 Å². The molecule has 0 radical (unpaired) electrons. The molecule has 0 saturated carbocycles. The summed E-state index contributed by atoms with van der Waals surface area (Å²) >= 11 is 0. The van der Waals surface area contributed by atoms with E-state index in [0.29, 0.717) is 0 Å². The van der Waals surface area contributed by atoms with Crippen molar-refractivity contribution in [1.29, 1.82) is 0 Å². The molecule has 6 heteroatoms. The fourth-order valence-corrected chi connectivity index (χ4v) is 1.40. The molecular weight excluding hydrogens is 221 g/mol. The lowest BCUT2D eigenvalue weighted by Gasteiger charge is -2.31. The van der Waals surface area contributed by atoms with Gasteiger partial charge in [0, 0.05) is 6.42 Å². The van der Waals surface area contributed by atoms with Crippen molar-refractivity contribution >= 4 is 11.5 Å². The molecule has 1 rings (SSSR count). The molecule has 1 atom stereocenters. The smallest absolute Gasteiger partial charge is 0.396 e. The molecule has 0 amide bonds. The van der Waals surface area contributed by atoms with Crippen molar-refractivity contribution in [1.82, 2.24) is 0 Å². The summed E-state index contributed by atoms with van der Waals surface area (Å²) < 4.78 is 38.1. The zero-order valence-corrected chi connectivity index (χ0v) is 9.01. The molecule has 1 unspecified atom stereocenters. The van der Waals surface area contributed by atoms with Crippen LogP contribution in [0.5, 0.6) is 0 Å². The molecular formula is C10H13F3N2O. The van der Waals surface area contributed by atoms with E-state index in [9.17, 15) is 18.0 Å². The lowest BCUT2D eigenvalue weighted by Crippen LogP contribution is -2.41. The van der Waals surface area contributed by atoms with Crippen LogP contribution in [0.4, 0.5) is 13.2 Å². The minimum Gasteiger partial charge on any atom is -0.405 e. The van der Waals surface area contributed by atoms with Crippen molar-refractivity contribution in [3.8, 4) is 0 Å². The van der Waals surface area contributed by atoms with Crippen molar-refractivity contribution in [3.63, 3.8) is 0 Å². The van der Waals surface area contributed by atoms with Gasteiger partial charge in [0.1, 0.15) is 5.71 Å². The zero-order valence-electron chi connectivity index (χ0n) is 9.01. The highest BCUT2D eigenvalue weighted by atomic mass is 19.4. The highest BCUT2D eigenvalue weighted by Gasteiger charge is 2.54. The van der Waals surface area contributed by atoms with Crippen LogP contribution in [0, 0.1) is 5.41 Å². The number of alkyl halides is 3. The van der Waals surface area contributed by atoms with Crippen molar-refractivity contribution in [2.45, 2.75) is 32.5 Å². The number of Topliss-reactive ketones (excluding diaryl/α,β-unsaturated/α-hetero) is 1. The van der Waals surface area contributed by atoms with Crippen LogP contribution in [-0.4, -0.2) is 23.7 Å². The molecule has 0 spiro atoms. The van der Waals surface area contributed by atoms with Gasteiger partial charge in [-0.2, -0.15) is 13.2 Å². The van der Waals surface area contributed by atoms with Crippen LogP contribution in [0.25, 0.3) is 0 Å². The second-order valence-electron chi connectivity index (χ2n) is 4.24. The molecule has 1 aliphatic heterocycles. The number of allylic oxidation sites excluding steroid dienone is 1. The van der Waals surface area contributed by atoms with E-state index in [0.717, 1.165) is 20.0 Å². The Kier molecular flexibility index (Phi) is 3.12. The van der Waals surface area contributed by atoms with Gasteiger partial charge in [-0.1, -0.05) is 0 Å². The highest BCUT2D eigenvalue weighted by Crippen LogP contribution is 2.44. The summed E-state index contributed by atoms with van der Waals surface area (Å²) in [6.07, 6.45) is -2.27. The summed E-state index contributed by atoms with van der Waals surface area (Å²) in [4.78, 5) is 15.1. The fraction of sp³-hybridized carbons (Fsp3) is 0.600. The molecule has 1 aliphatic rings. The summed E-state index contributed by atoms with van der Waals surface area (Å²) in [5.74, 6) is -0.399. The number of carbonyl (C=O) groups excluding carboxylic acids is 1. The molecule has 0 saturated heterocycles. The quantitative estimate of drug-likeness (QED) is 0.792. The Hall–Kier alpha value is -1.33. The summed E-state index contributed by atoms with van der Waals surface area (Å²) in [5, 5.41) is 0. The van der Waals surface area contributed by atoms with Crippen molar-refractivity contribution in [2.75, 3.05) is 0 Å². The standard InChI is InChI=1S/C10H13F3N2O/c1-9(2,10(11,12)13)8-5-7(16)6(15-8)3-4-14/h3-4,8H,5,14H2,1-2H3. The van der Waals surface area contributed by atoms with E-state index in [4.69, 9.17) is 5.73 Å². The number of aliphatic imine (C=N–C) groups is 1. The maximum Gasteiger partial charge on any atom is 0.396 e. The predicted octanol–water partition coefficient (Wildman–Crippen LogP) is 1.83. The number of hydrogen-bond acceptors (Lipinski definition) is 3. The van der Waals surface area contributed by atoms with E-state index >= 15 is 0 Å². The van der Waals surface area contributed by atoms with E-state index in [2.05, 4.69) is 4.99 Å². The van der Waals surface area contributed by atoms with Gasteiger partial charge in [0.15, 0.2) is 5.78 Å². The van der Waals surface area contributed by atoms with Crippen LogP contribution in [0.1, 0.15) is 20.3 Å². The Labute approximate surface area is 91.2 Å². The molecule has 0 aromatic carbocycles. The molecule has 0 fully saturated rings. The molecule has 0 bridgehead atoms. The third-order valence-corrected chi connectivity index (χ3v) is 2.78. The average molecular weight is 234 g/mol. The van der Waals surface area contributed by atoms with Crippen molar-refractivity contribution in [2.24, 2.45) is 16.1 Å². The first-order valence-electron chi connectivity index (χ1n) is 4.76. The topological polar surface area (TPSA) is 55.5 Å². The van der Waals surface area contributed by atoms with E-state index in [1.807, 2.05) is 0 Å². The summed E-state index contributed by atoms with van der Waals surface area (Å²) in [5.41, 5.74) is 3.09. The van der Waals surface area contributed by atoms with Crippen LogP contribution in [0.3, 0.4) is 0 Å². The normalized spacial score (nSPS) is 22.9. The molecule has 1 heterocycles. The maximum absolute atomic E-state index is 12.7. The van der Waals surface area contributed by atoms with Gasteiger partial charge >= 0.3 is 6.18 Å². The van der Waals surface area contributed by atoms with Gasteiger partial charge in [0.25, 0.3) is 0 Å². The number of halogens is 3. The SMILES string of the molecule is CC(C)(C1CC(=O)C(C=CN)=N1)C(F)(F)F. The average Bonchev–Trinajstić information content (AvgIpc) is 2.47. The first-order valence-corrected chi connectivity index (χ1v) is 4.76. The maximum atomic E-state index is 12.7. The number of carbonyl (C=O) groups is 1. The number of rotatable bonds is 2. The van der Waals surface area contributed by atoms with E-state index in [-0.39, 0.29) is 12.1 Å². The molecule has 90 valence electrons. The molecule has 2 N–H and O–H groups in total. The predicted molar refractivity (Wildman–Crippen MR) is 54.0 cm³/mol. The largest absolute Gasteiger partial charge is 0.405 e. The number of hydrogen-bond donors (Lipinski definition) is 1. The van der Waals surface area contributed by atoms with Crippen LogP contribution in [0.15, 0.2) is 17.3 Å². The van der Waals surface area contributed by atoms with Gasteiger partial charge in [0.2, 0.25) is 0 Å². The Balaban J connectivity index is 2.98. The first kappa shape index (κ1) is 12.7. The van der Waals surface area contributed by atoms with Crippen LogP contribution in [-0.2, 0) is 4.79 Å². The summed E-state index contributed by atoms with van der Waals surface area (Å²) in [6, 6.07) is -1.06. The molecule has 3 nitrogen and oxygen atoms in total. The van der Waals surface area contributed by atoms with Gasteiger partial charge < -0.3 is 5.73 Å². The number of nitrogens with zero attached hydrogens (tertiary/aromatic N) is 1. The Morgan fingerprint density at radius 1 is 1.44 bits per heavy atom. The minimum absolute atomic E-state index is 0.0184. The zero-order chi connectivity index (χ0) is 12.6. The first-order chi connectivity index (χ1) is 7.20. The van der Waals surface area contributed by atoms with Crippen molar-refractivity contribution in [3.05, 3.63) is 12.3 Å². The second-order valence-corrected chi connectivity index (χ2v) is 4.24. The van der Waals surface area contributed by atoms with Crippen LogP contribution in [0.2, 0.25) is 0 Å². The Morgan fingerprint density at radius 3 is 2.44 bits per heavy atom. The lowest BCUT2D eigenvalue weighted by atomic mass is 9.82. The Morgan fingerprint density at radius 2 is 2.00 bits per heavy atom. The molecule has 0 aliphatic carbocycles. The highest BCUT2D eigenvalue weighted by molar-refractivity contribution is 6.45. The summed E-state index contributed by atoms with van der Waals surface area (Å²) in [7, 11) is 0. The van der Waals surface area contributed by atoms with E-state index < -0.39 is 23.4 Å².